The number of piperidine rings is 1. The van der Waals surface area contributed by atoms with Crippen molar-refractivity contribution in [3.8, 4) is 0 Å². The van der Waals surface area contributed by atoms with Gasteiger partial charge in [0.25, 0.3) is 0 Å². The monoisotopic (exact) mass is 421 g/mol. The normalized spacial score (nSPS) is 22.0. The number of thioether (sulfide) groups is 1. The second-order valence-corrected chi connectivity index (χ2v) is 9.42. The number of likely N-dealkylation sites (tertiary alicyclic amines) is 1. The molecular formula is C21H39N7S. The molecule has 1 saturated carbocycles. The van der Waals surface area contributed by atoms with Crippen molar-refractivity contribution >= 4 is 17.7 Å². The molecule has 1 aromatic heterocycles. The fraction of sp³-hybridized carbons (Fsp3) is 0.857. The second kappa shape index (κ2) is 11.8. The standard InChI is InChI=1S/C21H39N7S/c1-17-25-26-20(27(17)2)15-23-21(22-12-8-14-29-3)24-18-9-7-13-28(16-18)19-10-5-4-6-11-19/h18-19H,4-16H2,1-3H3,(H2,22,23,24). The number of hydrogen-bond acceptors (Lipinski definition) is 5. The Balaban J connectivity index is 1.58. The van der Waals surface area contributed by atoms with Gasteiger partial charge in [0, 0.05) is 32.2 Å². The summed E-state index contributed by atoms with van der Waals surface area (Å²) in [6.07, 6.45) is 12.8. The summed E-state index contributed by atoms with van der Waals surface area (Å²) < 4.78 is 2.01. The van der Waals surface area contributed by atoms with Gasteiger partial charge in [0.1, 0.15) is 12.4 Å². The van der Waals surface area contributed by atoms with Crippen LogP contribution in [-0.2, 0) is 13.6 Å². The average molecular weight is 422 g/mol. The van der Waals surface area contributed by atoms with Gasteiger partial charge in [-0.15, -0.1) is 10.2 Å². The van der Waals surface area contributed by atoms with Gasteiger partial charge in [0.2, 0.25) is 0 Å². The molecule has 1 aromatic rings. The predicted octanol–water partition coefficient (Wildman–Crippen LogP) is 2.71. The SMILES string of the molecule is CSCCCNC(=NCc1nnc(C)n1C)NC1CCCN(C2CCCCC2)C1. The third kappa shape index (κ3) is 6.88. The van der Waals surface area contributed by atoms with E-state index in [2.05, 4.69) is 32.0 Å². The number of guanidine groups is 1. The lowest BCUT2D eigenvalue weighted by Crippen LogP contribution is -2.53. The van der Waals surface area contributed by atoms with Crippen molar-refractivity contribution in [3.05, 3.63) is 11.6 Å². The van der Waals surface area contributed by atoms with Crippen molar-refractivity contribution in [2.24, 2.45) is 12.0 Å². The molecule has 1 aliphatic heterocycles. The second-order valence-electron chi connectivity index (χ2n) is 8.43. The molecule has 1 unspecified atom stereocenters. The van der Waals surface area contributed by atoms with Crippen molar-refractivity contribution in [1.82, 2.24) is 30.3 Å². The molecule has 2 heterocycles. The molecule has 1 aliphatic carbocycles. The molecule has 0 aromatic carbocycles. The minimum absolute atomic E-state index is 0.471. The lowest BCUT2D eigenvalue weighted by molar-refractivity contribution is 0.115. The number of nitrogens with one attached hydrogen (secondary N) is 2. The summed E-state index contributed by atoms with van der Waals surface area (Å²) in [5, 5.41) is 15.7. The first kappa shape index (κ1) is 22.4. The number of aliphatic imine (C=N–C) groups is 1. The quantitative estimate of drug-likeness (QED) is 0.382. The summed E-state index contributed by atoms with van der Waals surface area (Å²) in [6, 6.07) is 1.27. The van der Waals surface area contributed by atoms with Gasteiger partial charge in [-0.3, -0.25) is 4.90 Å². The van der Waals surface area contributed by atoms with E-state index in [0.29, 0.717) is 12.6 Å². The van der Waals surface area contributed by atoms with E-state index in [4.69, 9.17) is 4.99 Å². The Morgan fingerprint density at radius 1 is 1.17 bits per heavy atom. The van der Waals surface area contributed by atoms with Crippen LogP contribution in [0.15, 0.2) is 4.99 Å². The maximum atomic E-state index is 4.84. The van der Waals surface area contributed by atoms with Gasteiger partial charge >= 0.3 is 0 Å². The van der Waals surface area contributed by atoms with Crippen LogP contribution < -0.4 is 10.6 Å². The van der Waals surface area contributed by atoms with Gasteiger partial charge in [0.15, 0.2) is 11.8 Å². The molecule has 2 fully saturated rings. The number of aryl methyl sites for hydroxylation is 1. The predicted molar refractivity (Wildman–Crippen MR) is 122 cm³/mol. The van der Waals surface area contributed by atoms with Gasteiger partial charge in [-0.2, -0.15) is 11.8 Å². The van der Waals surface area contributed by atoms with Crippen LogP contribution in [0.3, 0.4) is 0 Å². The van der Waals surface area contributed by atoms with Crippen LogP contribution >= 0.6 is 11.8 Å². The van der Waals surface area contributed by atoms with E-state index in [1.807, 2.05) is 30.3 Å². The summed E-state index contributed by atoms with van der Waals surface area (Å²) in [5.74, 6) is 3.91. The Hall–Kier alpha value is -1.28. The van der Waals surface area contributed by atoms with Crippen molar-refractivity contribution < 1.29 is 0 Å². The first-order valence-corrected chi connectivity index (χ1v) is 12.7. The van der Waals surface area contributed by atoms with Crippen LogP contribution in [0.1, 0.15) is 63.0 Å². The molecule has 0 spiro atoms. The van der Waals surface area contributed by atoms with Gasteiger partial charge in [-0.1, -0.05) is 19.3 Å². The smallest absolute Gasteiger partial charge is 0.191 e. The fourth-order valence-corrected chi connectivity index (χ4v) is 4.84. The van der Waals surface area contributed by atoms with E-state index >= 15 is 0 Å². The number of nitrogens with zero attached hydrogens (tertiary/aromatic N) is 5. The molecular weight excluding hydrogens is 382 g/mol. The molecule has 3 rings (SSSR count). The van der Waals surface area contributed by atoms with Gasteiger partial charge in [0.05, 0.1) is 0 Å². The van der Waals surface area contributed by atoms with Crippen molar-refractivity contribution in [1.29, 1.82) is 0 Å². The van der Waals surface area contributed by atoms with E-state index in [-0.39, 0.29) is 0 Å². The van der Waals surface area contributed by atoms with Gasteiger partial charge < -0.3 is 15.2 Å². The number of rotatable bonds is 8. The Labute approximate surface area is 180 Å². The summed E-state index contributed by atoms with van der Waals surface area (Å²) in [7, 11) is 2.00. The summed E-state index contributed by atoms with van der Waals surface area (Å²) in [6.45, 7) is 5.87. The maximum Gasteiger partial charge on any atom is 0.191 e. The average Bonchev–Trinajstić information content (AvgIpc) is 3.08. The fourth-order valence-electron chi connectivity index (χ4n) is 4.41. The Morgan fingerprint density at radius 2 is 2.00 bits per heavy atom. The van der Waals surface area contributed by atoms with Crippen LogP contribution in [0.4, 0.5) is 0 Å². The molecule has 7 nitrogen and oxygen atoms in total. The highest BCUT2D eigenvalue weighted by Gasteiger charge is 2.27. The van der Waals surface area contributed by atoms with E-state index in [9.17, 15) is 0 Å². The lowest BCUT2D eigenvalue weighted by atomic mass is 9.92. The Morgan fingerprint density at radius 3 is 2.72 bits per heavy atom. The Kier molecular flexibility index (Phi) is 9.11. The molecule has 2 aliphatic rings. The van der Waals surface area contributed by atoms with Gasteiger partial charge in [-0.05, 0) is 57.6 Å². The highest BCUT2D eigenvalue weighted by atomic mass is 32.2. The summed E-state index contributed by atoms with van der Waals surface area (Å²) in [5.41, 5.74) is 0. The van der Waals surface area contributed by atoms with Crippen LogP contribution in [0.5, 0.6) is 0 Å². The van der Waals surface area contributed by atoms with Crippen LogP contribution in [0.2, 0.25) is 0 Å². The molecule has 1 atom stereocenters. The van der Waals surface area contributed by atoms with Gasteiger partial charge in [-0.25, -0.2) is 4.99 Å². The molecule has 0 radical (unpaired) electrons. The van der Waals surface area contributed by atoms with E-state index in [0.717, 1.165) is 43.2 Å². The maximum absolute atomic E-state index is 4.84. The minimum atomic E-state index is 0.471. The highest BCUT2D eigenvalue weighted by Crippen LogP contribution is 2.25. The van der Waals surface area contributed by atoms with E-state index in [1.165, 1.54) is 57.2 Å². The first-order valence-electron chi connectivity index (χ1n) is 11.3. The zero-order valence-corrected chi connectivity index (χ0v) is 19.3. The molecule has 1 saturated heterocycles. The van der Waals surface area contributed by atoms with E-state index < -0.39 is 0 Å². The molecule has 0 bridgehead atoms. The molecule has 8 heteroatoms. The Bertz CT molecular complexity index is 639. The number of aromatic nitrogens is 3. The number of hydrogen-bond donors (Lipinski definition) is 2. The van der Waals surface area contributed by atoms with Crippen molar-refractivity contribution in [2.75, 3.05) is 31.6 Å². The van der Waals surface area contributed by atoms with E-state index in [1.54, 1.807) is 0 Å². The third-order valence-corrected chi connectivity index (χ3v) is 6.96. The zero-order chi connectivity index (χ0) is 20.5. The molecule has 2 N–H and O–H groups in total. The highest BCUT2D eigenvalue weighted by molar-refractivity contribution is 7.98. The third-order valence-electron chi connectivity index (χ3n) is 6.26. The molecule has 0 amide bonds. The van der Waals surface area contributed by atoms with Crippen molar-refractivity contribution in [2.45, 2.75) is 76.9 Å². The van der Waals surface area contributed by atoms with Crippen molar-refractivity contribution in [3.63, 3.8) is 0 Å². The topological polar surface area (TPSA) is 70.4 Å². The lowest BCUT2D eigenvalue weighted by Gasteiger charge is -2.40. The molecule has 29 heavy (non-hydrogen) atoms. The van der Waals surface area contributed by atoms with Crippen LogP contribution in [0, 0.1) is 6.92 Å². The largest absolute Gasteiger partial charge is 0.356 e. The van der Waals surface area contributed by atoms with Crippen LogP contribution in [0.25, 0.3) is 0 Å². The van der Waals surface area contributed by atoms with Crippen LogP contribution in [-0.4, -0.2) is 69.4 Å². The molecule has 164 valence electrons. The zero-order valence-electron chi connectivity index (χ0n) is 18.5. The minimum Gasteiger partial charge on any atom is -0.356 e. The first-order chi connectivity index (χ1) is 14.2. The summed E-state index contributed by atoms with van der Waals surface area (Å²) in [4.78, 5) is 7.58. The summed E-state index contributed by atoms with van der Waals surface area (Å²) >= 11 is 1.89.